The Morgan fingerprint density at radius 1 is 1.14 bits per heavy atom. The topological polar surface area (TPSA) is 23.6 Å². The molecule has 2 atom stereocenters. The Morgan fingerprint density at radius 3 is 2.57 bits per heavy atom. The second kappa shape index (κ2) is 4.84. The summed E-state index contributed by atoms with van der Waals surface area (Å²) in [6.45, 7) is 3.00. The van der Waals surface area contributed by atoms with Crippen LogP contribution in [0.1, 0.15) is 31.2 Å². The van der Waals surface area contributed by atoms with Crippen molar-refractivity contribution < 1.29 is 4.79 Å². The lowest BCUT2D eigenvalue weighted by Gasteiger charge is -2.46. The number of nitrogens with zero attached hydrogens (tertiary/aromatic N) is 2. The van der Waals surface area contributed by atoms with Crippen LogP contribution in [0.25, 0.3) is 0 Å². The number of amides is 1. The summed E-state index contributed by atoms with van der Waals surface area (Å²) in [7, 11) is 2.22. The molecule has 2 aliphatic heterocycles. The third kappa shape index (κ3) is 2.10. The molecule has 3 fully saturated rings. The molecule has 21 heavy (non-hydrogen) atoms. The molecule has 1 amide bonds. The first kappa shape index (κ1) is 13.3. The lowest BCUT2D eigenvalue weighted by atomic mass is 9.69. The maximum absolute atomic E-state index is 12.4. The molecule has 1 saturated carbocycles. The van der Waals surface area contributed by atoms with Gasteiger partial charge in [0, 0.05) is 30.5 Å². The van der Waals surface area contributed by atoms with Crippen molar-refractivity contribution in [1.29, 1.82) is 0 Å². The van der Waals surface area contributed by atoms with Crippen LogP contribution in [-0.4, -0.2) is 48.4 Å². The molecule has 0 spiro atoms. The van der Waals surface area contributed by atoms with E-state index in [-0.39, 0.29) is 5.41 Å². The van der Waals surface area contributed by atoms with Crippen LogP contribution in [-0.2, 0) is 10.2 Å². The van der Waals surface area contributed by atoms with Gasteiger partial charge in [-0.15, -0.1) is 0 Å². The van der Waals surface area contributed by atoms with E-state index in [1.807, 2.05) is 0 Å². The van der Waals surface area contributed by atoms with Gasteiger partial charge in [-0.25, -0.2) is 0 Å². The van der Waals surface area contributed by atoms with Crippen molar-refractivity contribution in [2.45, 2.75) is 37.1 Å². The lowest BCUT2D eigenvalue weighted by Crippen LogP contribution is -2.56. The van der Waals surface area contributed by atoms with Gasteiger partial charge in [-0.2, -0.15) is 0 Å². The summed E-state index contributed by atoms with van der Waals surface area (Å²) in [6.07, 6.45) is 4.56. The summed E-state index contributed by atoms with van der Waals surface area (Å²) < 4.78 is 0. The van der Waals surface area contributed by atoms with Gasteiger partial charge in [-0.1, -0.05) is 30.3 Å². The van der Waals surface area contributed by atoms with Gasteiger partial charge in [0.15, 0.2) is 0 Å². The molecular weight excluding hydrogens is 260 g/mol. The average Bonchev–Trinajstić information content (AvgIpc) is 3.33. The largest absolute Gasteiger partial charge is 0.341 e. The highest BCUT2D eigenvalue weighted by Gasteiger charge is 2.51. The Hall–Kier alpha value is -1.35. The van der Waals surface area contributed by atoms with E-state index in [9.17, 15) is 4.79 Å². The second-order valence-corrected chi connectivity index (χ2v) is 7.08. The first-order valence-electron chi connectivity index (χ1n) is 8.25. The van der Waals surface area contributed by atoms with E-state index in [2.05, 4.69) is 47.2 Å². The fourth-order valence-electron chi connectivity index (χ4n) is 4.40. The third-order valence-corrected chi connectivity index (χ3v) is 5.89. The molecule has 2 heterocycles. The van der Waals surface area contributed by atoms with Crippen molar-refractivity contribution in [2.24, 2.45) is 5.92 Å². The SMILES string of the molecule is CN1CC[C@@]2(c3ccccc3)CCN(C(=O)C3CC3)C[C@H]12. The Morgan fingerprint density at radius 2 is 1.86 bits per heavy atom. The van der Waals surface area contributed by atoms with Crippen LogP contribution in [0.15, 0.2) is 30.3 Å². The van der Waals surface area contributed by atoms with Crippen molar-refractivity contribution >= 4 is 5.91 Å². The van der Waals surface area contributed by atoms with Gasteiger partial charge in [-0.3, -0.25) is 4.79 Å². The third-order valence-electron chi connectivity index (χ3n) is 5.89. The summed E-state index contributed by atoms with van der Waals surface area (Å²) in [5.74, 6) is 0.762. The molecule has 3 nitrogen and oxygen atoms in total. The number of benzene rings is 1. The second-order valence-electron chi connectivity index (χ2n) is 7.08. The Kier molecular flexibility index (Phi) is 3.07. The van der Waals surface area contributed by atoms with Gasteiger partial charge >= 0.3 is 0 Å². The summed E-state index contributed by atoms with van der Waals surface area (Å²) in [5, 5.41) is 0. The number of fused-ring (bicyclic) bond motifs is 1. The molecule has 0 bridgehead atoms. The van der Waals surface area contributed by atoms with Crippen LogP contribution in [0.2, 0.25) is 0 Å². The minimum Gasteiger partial charge on any atom is -0.341 e. The summed E-state index contributed by atoms with van der Waals surface area (Å²) in [6, 6.07) is 11.5. The van der Waals surface area contributed by atoms with Crippen LogP contribution < -0.4 is 0 Å². The minimum atomic E-state index is 0.260. The van der Waals surface area contributed by atoms with Gasteiger partial charge in [0.1, 0.15) is 0 Å². The lowest BCUT2D eigenvalue weighted by molar-refractivity contribution is -0.135. The van der Waals surface area contributed by atoms with E-state index < -0.39 is 0 Å². The smallest absolute Gasteiger partial charge is 0.225 e. The number of carbonyl (C=O) groups is 1. The summed E-state index contributed by atoms with van der Waals surface area (Å²) in [5.41, 5.74) is 1.73. The van der Waals surface area contributed by atoms with E-state index in [0.29, 0.717) is 17.9 Å². The van der Waals surface area contributed by atoms with E-state index >= 15 is 0 Å². The van der Waals surface area contributed by atoms with Crippen LogP contribution in [0.4, 0.5) is 0 Å². The molecule has 0 N–H and O–H groups in total. The van der Waals surface area contributed by atoms with Gasteiger partial charge < -0.3 is 9.80 Å². The highest BCUT2D eigenvalue weighted by atomic mass is 16.2. The molecule has 0 unspecified atom stereocenters. The molecule has 2 saturated heterocycles. The number of likely N-dealkylation sites (N-methyl/N-ethyl adjacent to an activating group) is 1. The monoisotopic (exact) mass is 284 g/mol. The normalized spacial score (nSPS) is 33.0. The molecule has 1 aromatic rings. The van der Waals surface area contributed by atoms with E-state index in [1.165, 1.54) is 12.0 Å². The molecule has 112 valence electrons. The van der Waals surface area contributed by atoms with Crippen LogP contribution in [0.5, 0.6) is 0 Å². The van der Waals surface area contributed by atoms with Crippen molar-refractivity contribution in [2.75, 3.05) is 26.7 Å². The maximum atomic E-state index is 12.4. The minimum absolute atomic E-state index is 0.260. The quantitative estimate of drug-likeness (QED) is 0.832. The Balaban J connectivity index is 1.62. The predicted molar refractivity (Wildman–Crippen MR) is 83.1 cm³/mol. The summed E-state index contributed by atoms with van der Waals surface area (Å²) >= 11 is 0. The molecule has 1 aromatic carbocycles. The van der Waals surface area contributed by atoms with E-state index in [0.717, 1.165) is 38.9 Å². The Labute approximate surface area is 126 Å². The predicted octanol–water partition coefficient (Wildman–Crippen LogP) is 2.27. The van der Waals surface area contributed by atoms with Crippen LogP contribution in [0.3, 0.4) is 0 Å². The zero-order chi connectivity index (χ0) is 14.4. The number of likely N-dealkylation sites (tertiary alicyclic amines) is 2. The van der Waals surface area contributed by atoms with Crippen molar-refractivity contribution in [3.63, 3.8) is 0 Å². The fourth-order valence-corrected chi connectivity index (χ4v) is 4.40. The van der Waals surface area contributed by atoms with Crippen LogP contribution >= 0.6 is 0 Å². The Bertz CT molecular complexity index is 539. The summed E-state index contributed by atoms with van der Waals surface area (Å²) in [4.78, 5) is 17.0. The molecule has 0 radical (unpaired) electrons. The number of rotatable bonds is 2. The fraction of sp³-hybridized carbons (Fsp3) is 0.611. The number of hydrogen-bond donors (Lipinski definition) is 0. The first-order valence-corrected chi connectivity index (χ1v) is 8.25. The van der Waals surface area contributed by atoms with Gasteiger partial charge in [-0.05, 0) is 44.8 Å². The molecule has 1 aliphatic carbocycles. The first-order chi connectivity index (χ1) is 10.2. The zero-order valence-electron chi connectivity index (χ0n) is 12.8. The highest BCUT2D eigenvalue weighted by molar-refractivity contribution is 5.81. The molecule has 3 heteroatoms. The van der Waals surface area contributed by atoms with E-state index in [4.69, 9.17) is 0 Å². The number of hydrogen-bond acceptors (Lipinski definition) is 2. The van der Waals surface area contributed by atoms with Crippen molar-refractivity contribution in [1.82, 2.24) is 9.80 Å². The van der Waals surface area contributed by atoms with Crippen molar-refractivity contribution in [3.8, 4) is 0 Å². The molecule has 3 aliphatic rings. The molecule has 4 rings (SSSR count). The molecule has 0 aromatic heterocycles. The van der Waals surface area contributed by atoms with E-state index in [1.54, 1.807) is 0 Å². The van der Waals surface area contributed by atoms with Gasteiger partial charge in [0.25, 0.3) is 0 Å². The van der Waals surface area contributed by atoms with Crippen molar-refractivity contribution in [3.05, 3.63) is 35.9 Å². The molecular formula is C18H24N2O. The van der Waals surface area contributed by atoms with Gasteiger partial charge in [0.2, 0.25) is 5.91 Å². The highest BCUT2D eigenvalue weighted by Crippen LogP contribution is 2.46. The average molecular weight is 284 g/mol. The maximum Gasteiger partial charge on any atom is 0.225 e. The van der Waals surface area contributed by atoms with Crippen LogP contribution in [0, 0.1) is 5.92 Å². The number of carbonyl (C=O) groups excluding carboxylic acids is 1. The zero-order valence-corrected chi connectivity index (χ0v) is 12.8. The van der Waals surface area contributed by atoms with Gasteiger partial charge in [0.05, 0.1) is 0 Å². The number of piperidine rings is 1. The standard InChI is InChI=1S/C18H24N2O/c1-19-11-9-18(15-5-3-2-4-6-15)10-12-20(13-16(18)19)17(21)14-7-8-14/h2-6,14,16H,7-13H2,1H3/t16-,18-/m0/s1.